The molecule has 10 heteroatoms. The number of thiophene rings is 1. The van der Waals surface area contributed by atoms with Gasteiger partial charge in [0.2, 0.25) is 5.91 Å². The summed E-state index contributed by atoms with van der Waals surface area (Å²) in [6, 6.07) is 18.5. The fourth-order valence-electron chi connectivity index (χ4n) is 5.62. The highest BCUT2D eigenvalue weighted by Crippen LogP contribution is 2.38. The van der Waals surface area contributed by atoms with Gasteiger partial charge in [0, 0.05) is 26.7 Å². The maximum Gasteiger partial charge on any atom is 0.267 e. The van der Waals surface area contributed by atoms with Crippen LogP contribution < -0.4 is 15.6 Å². The van der Waals surface area contributed by atoms with Gasteiger partial charge in [0.1, 0.15) is 21.7 Å². The summed E-state index contributed by atoms with van der Waals surface area (Å²) in [5, 5.41) is 6.56. The quantitative estimate of drug-likeness (QED) is 0.152. The summed E-state index contributed by atoms with van der Waals surface area (Å²) in [6.45, 7) is 2.24. The molecule has 0 saturated carbocycles. The number of anilines is 1. The largest absolute Gasteiger partial charge is 0.495 e. The first-order chi connectivity index (χ1) is 20.4. The smallest absolute Gasteiger partial charge is 0.267 e. The summed E-state index contributed by atoms with van der Waals surface area (Å²) >= 11 is 8.97. The Kier molecular flexibility index (Phi) is 6.96. The number of aryl methyl sites for hydroxylation is 1. The average Bonchev–Trinajstić information content (AvgIpc) is 3.53. The van der Waals surface area contributed by atoms with E-state index in [4.69, 9.17) is 25.7 Å². The molecule has 1 aliphatic carbocycles. The van der Waals surface area contributed by atoms with Crippen molar-refractivity contribution >= 4 is 78.4 Å². The lowest BCUT2D eigenvalue weighted by Gasteiger charge is -2.18. The van der Waals surface area contributed by atoms with Crippen molar-refractivity contribution in [3.63, 3.8) is 0 Å². The van der Waals surface area contributed by atoms with Crippen LogP contribution in [-0.2, 0) is 17.6 Å². The number of nitrogens with one attached hydrogen (secondary N) is 1. The zero-order valence-corrected chi connectivity index (χ0v) is 25.3. The molecule has 7 nitrogen and oxygen atoms in total. The van der Waals surface area contributed by atoms with E-state index >= 15 is 0 Å². The molecule has 3 heterocycles. The number of amides is 1. The van der Waals surface area contributed by atoms with Crippen molar-refractivity contribution in [1.82, 2.24) is 9.55 Å². The number of hydrogen-bond acceptors (Lipinski definition) is 7. The lowest BCUT2D eigenvalue weighted by Crippen LogP contribution is -2.23. The van der Waals surface area contributed by atoms with E-state index < -0.39 is 0 Å². The first kappa shape index (κ1) is 27.1. The van der Waals surface area contributed by atoms with Crippen LogP contribution >= 0.6 is 34.7 Å². The molecule has 7 rings (SSSR count). The fourth-order valence-corrected chi connectivity index (χ4v) is 7.98. The number of nitrogens with zero attached hydrogens (tertiary/aromatic N) is 2. The summed E-state index contributed by atoms with van der Waals surface area (Å²) in [5.41, 5.74) is 3.58. The Hall–Kier alpha value is -3.79. The number of benzene rings is 3. The molecule has 0 fully saturated rings. The molecule has 212 valence electrons. The van der Waals surface area contributed by atoms with Crippen LogP contribution in [0.4, 0.5) is 5.69 Å². The van der Waals surface area contributed by atoms with Gasteiger partial charge in [-0.15, -0.1) is 11.3 Å². The maximum absolute atomic E-state index is 14.0. The second kappa shape index (κ2) is 10.8. The highest BCUT2D eigenvalue weighted by atomic mass is 35.5. The van der Waals surface area contributed by atoms with Crippen molar-refractivity contribution in [1.29, 1.82) is 0 Å². The molecule has 1 aliphatic rings. The van der Waals surface area contributed by atoms with Gasteiger partial charge in [-0.1, -0.05) is 48.5 Å². The maximum atomic E-state index is 14.0. The summed E-state index contributed by atoms with van der Waals surface area (Å²) in [4.78, 5) is 34.2. The number of rotatable bonds is 6. The van der Waals surface area contributed by atoms with Crippen LogP contribution in [0.2, 0.25) is 5.02 Å². The predicted octanol–water partition coefficient (Wildman–Crippen LogP) is 7.86. The summed E-state index contributed by atoms with van der Waals surface area (Å²) in [6.07, 6.45) is 2.89. The molecule has 1 unspecified atom stereocenters. The first-order valence-electron chi connectivity index (χ1n) is 13.6. The topological polar surface area (TPSA) is 86.4 Å². The second-order valence-electron chi connectivity index (χ2n) is 10.5. The highest BCUT2D eigenvalue weighted by Gasteiger charge is 2.25. The summed E-state index contributed by atoms with van der Waals surface area (Å²) in [7, 11) is 1.57. The van der Waals surface area contributed by atoms with E-state index in [1.54, 1.807) is 53.3 Å². The third kappa shape index (κ3) is 4.75. The van der Waals surface area contributed by atoms with E-state index in [2.05, 4.69) is 12.2 Å². The monoisotopic (exact) mass is 615 g/mol. The summed E-state index contributed by atoms with van der Waals surface area (Å²) in [5.74, 6) is 0.889. The molecule has 0 radical (unpaired) electrons. The minimum atomic E-state index is -0.259. The normalized spacial score (nSPS) is 14.9. The van der Waals surface area contributed by atoms with Crippen molar-refractivity contribution in [3.8, 4) is 11.4 Å². The van der Waals surface area contributed by atoms with Gasteiger partial charge < -0.3 is 14.5 Å². The van der Waals surface area contributed by atoms with Gasteiger partial charge >= 0.3 is 0 Å². The van der Waals surface area contributed by atoms with Crippen LogP contribution in [0.3, 0.4) is 0 Å². The molecular weight excluding hydrogens is 590 g/mol. The predicted molar refractivity (Wildman–Crippen MR) is 171 cm³/mol. The molecule has 1 amide bonds. The van der Waals surface area contributed by atoms with Crippen molar-refractivity contribution < 1.29 is 13.9 Å². The molecule has 42 heavy (non-hydrogen) atoms. The van der Waals surface area contributed by atoms with Crippen molar-refractivity contribution in [2.24, 2.45) is 5.92 Å². The van der Waals surface area contributed by atoms with Crippen LogP contribution in [0, 0.1) is 5.92 Å². The van der Waals surface area contributed by atoms with Gasteiger partial charge in [0.15, 0.2) is 5.16 Å². The number of carbonyl (C=O) groups excluding carboxylic acids is 1. The standard InChI is InChI=1S/C32H26ClN3O4S2/c1-17-7-12-21-27(13-17)42-30-29(21)31(38)36(19-10-8-18(33)9-11-19)32(35-30)41-16-28(37)34-23-15-25-22(14-26(23)39-2)20-5-3-4-6-24(20)40-25/h3-6,8-11,14-15,17H,7,12-13,16H2,1-2H3,(H,34,37). The number of methoxy groups -OCH3 is 1. The van der Waals surface area contributed by atoms with Crippen LogP contribution in [0.1, 0.15) is 23.8 Å². The number of hydrogen-bond donors (Lipinski definition) is 1. The van der Waals surface area contributed by atoms with Gasteiger partial charge in [-0.25, -0.2) is 4.98 Å². The van der Waals surface area contributed by atoms with Crippen LogP contribution in [-0.4, -0.2) is 28.3 Å². The van der Waals surface area contributed by atoms with Crippen molar-refractivity contribution in [3.05, 3.63) is 86.5 Å². The Morgan fingerprint density at radius 1 is 1.17 bits per heavy atom. The van der Waals surface area contributed by atoms with Gasteiger partial charge in [0.25, 0.3) is 5.56 Å². The number of para-hydroxylation sites is 1. The fraction of sp³-hybridized carbons (Fsp3) is 0.219. The number of ether oxygens (including phenoxy) is 1. The van der Waals surface area contributed by atoms with E-state index in [0.717, 1.165) is 46.0 Å². The number of halogens is 1. The number of aromatic nitrogens is 2. The molecule has 0 aliphatic heterocycles. The van der Waals surface area contributed by atoms with Crippen LogP contribution in [0.25, 0.3) is 37.8 Å². The number of thioether (sulfide) groups is 1. The Labute approximate surface area is 254 Å². The Balaban J connectivity index is 1.22. The Morgan fingerprint density at radius 3 is 2.79 bits per heavy atom. The lowest BCUT2D eigenvalue weighted by atomic mass is 9.89. The zero-order chi connectivity index (χ0) is 29.0. The molecule has 1 N–H and O–H groups in total. The van der Waals surface area contributed by atoms with E-state index in [-0.39, 0.29) is 17.2 Å². The molecule has 3 aromatic heterocycles. The molecule has 3 aromatic carbocycles. The van der Waals surface area contributed by atoms with Crippen molar-refractivity contribution in [2.75, 3.05) is 18.2 Å². The third-order valence-corrected chi connectivity index (χ3v) is 10.0. The molecule has 0 bridgehead atoms. The molecular formula is C32H26ClN3O4S2. The Morgan fingerprint density at radius 2 is 1.98 bits per heavy atom. The second-order valence-corrected chi connectivity index (χ2v) is 13.0. The number of carbonyl (C=O) groups is 1. The minimum absolute atomic E-state index is 0.0367. The van der Waals surface area contributed by atoms with Gasteiger partial charge in [-0.2, -0.15) is 0 Å². The molecule has 1 atom stereocenters. The van der Waals surface area contributed by atoms with Crippen LogP contribution in [0.5, 0.6) is 5.75 Å². The lowest BCUT2D eigenvalue weighted by molar-refractivity contribution is -0.113. The van der Waals surface area contributed by atoms with E-state index in [9.17, 15) is 9.59 Å². The van der Waals surface area contributed by atoms with Gasteiger partial charge in [-0.3, -0.25) is 14.2 Å². The molecule has 6 aromatic rings. The van der Waals surface area contributed by atoms with E-state index in [0.29, 0.717) is 44.2 Å². The third-order valence-electron chi connectivity index (χ3n) is 7.69. The molecule has 0 spiro atoms. The highest BCUT2D eigenvalue weighted by molar-refractivity contribution is 7.99. The average molecular weight is 616 g/mol. The van der Waals surface area contributed by atoms with E-state index in [1.807, 2.05) is 30.3 Å². The SMILES string of the molecule is COc1cc2c(cc1NC(=O)CSc1nc3sc4c(c3c(=O)n1-c1ccc(Cl)cc1)CCC(C)C4)oc1ccccc12. The number of furan rings is 1. The number of fused-ring (bicyclic) bond motifs is 6. The van der Waals surface area contributed by atoms with Crippen LogP contribution in [0.15, 0.2) is 75.0 Å². The zero-order valence-electron chi connectivity index (χ0n) is 22.9. The van der Waals surface area contributed by atoms with Gasteiger partial charge in [0.05, 0.1) is 29.6 Å². The Bertz CT molecular complexity index is 2060. The molecule has 0 saturated heterocycles. The summed E-state index contributed by atoms with van der Waals surface area (Å²) < 4.78 is 13.2. The van der Waals surface area contributed by atoms with Crippen molar-refractivity contribution in [2.45, 2.75) is 31.3 Å². The van der Waals surface area contributed by atoms with E-state index in [1.165, 1.54) is 16.6 Å². The van der Waals surface area contributed by atoms with Gasteiger partial charge in [-0.05, 0) is 67.1 Å². The first-order valence-corrected chi connectivity index (χ1v) is 15.8. The minimum Gasteiger partial charge on any atom is -0.495 e.